The number of amides is 2. The second kappa shape index (κ2) is 4.67. The maximum Gasteiger partial charge on any atom is 0.234 e. The second-order valence-corrected chi connectivity index (χ2v) is 6.88. The van der Waals surface area contributed by atoms with Gasteiger partial charge in [0.1, 0.15) is 0 Å². The first-order valence-electron chi connectivity index (χ1n) is 7.80. The number of benzene rings is 1. The molecule has 1 aromatic rings. The molecule has 1 aliphatic carbocycles. The molecular formula is C17H20N2O2. The molecular weight excluding hydrogens is 264 g/mol. The van der Waals surface area contributed by atoms with Crippen LogP contribution in [0.5, 0.6) is 0 Å². The summed E-state index contributed by atoms with van der Waals surface area (Å²) in [6.07, 6.45) is 3.65. The van der Waals surface area contributed by atoms with Gasteiger partial charge in [0.2, 0.25) is 11.8 Å². The Labute approximate surface area is 124 Å². The summed E-state index contributed by atoms with van der Waals surface area (Å²) in [6, 6.07) is 8.48. The third-order valence-corrected chi connectivity index (χ3v) is 5.41. The average molecular weight is 284 g/mol. The van der Waals surface area contributed by atoms with E-state index in [9.17, 15) is 9.59 Å². The average Bonchev–Trinajstić information content (AvgIpc) is 2.36. The molecule has 110 valence electrons. The number of rotatable bonds is 2. The number of hydrogen-bond donors (Lipinski definition) is 2. The molecule has 1 saturated carbocycles. The molecule has 0 bridgehead atoms. The number of imide groups is 1. The molecule has 4 heteroatoms. The lowest BCUT2D eigenvalue weighted by Gasteiger charge is -2.54. The highest BCUT2D eigenvalue weighted by Gasteiger charge is 2.48. The van der Waals surface area contributed by atoms with Gasteiger partial charge in [-0.05, 0) is 41.7 Å². The Morgan fingerprint density at radius 3 is 2.24 bits per heavy atom. The summed E-state index contributed by atoms with van der Waals surface area (Å²) in [5, 5.41) is 5.79. The first-order chi connectivity index (χ1) is 10.2. The molecule has 2 aliphatic heterocycles. The van der Waals surface area contributed by atoms with E-state index in [4.69, 9.17) is 0 Å². The van der Waals surface area contributed by atoms with Crippen LogP contribution in [0.25, 0.3) is 0 Å². The Morgan fingerprint density at radius 1 is 1.00 bits per heavy atom. The van der Waals surface area contributed by atoms with Crippen molar-refractivity contribution in [1.29, 1.82) is 0 Å². The zero-order chi connectivity index (χ0) is 14.4. The third-order valence-electron chi connectivity index (χ3n) is 5.41. The van der Waals surface area contributed by atoms with E-state index < -0.39 is 0 Å². The van der Waals surface area contributed by atoms with Gasteiger partial charge in [0, 0.05) is 19.5 Å². The van der Waals surface area contributed by atoms with Gasteiger partial charge in [-0.1, -0.05) is 24.3 Å². The molecule has 4 nitrogen and oxygen atoms in total. The van der Waals surface area contributed by atoms with Crippen LogP contribution >= 0.6 is 0 Å². The number of nitrogens with one attached hydrogen (secondary N) is 2. The molecule has 1 aromatic carbocycles. The second-order valence-electron chi connectivity index (χ2n) is 6.88. The Balaban J connectivity index is 1.44. The van der Waals surface area contributed by atoms with E-state index in [0.29, 0.717) is 24.2 Å². The molecule has 0 aromatic heterocycles. The minimum Gasteiger partial charge on any atom is -0.316 e. The highest BCUT2D eigenvalue weighted by atomic mass is 16.2. The monoisotopic (exact) mass is 284 g/mol. The third kappa shape index (κ3) is 2.18. The molecule has 21 heavy (non-hydrogen) atoms. The Hall–Kier alpha value is -1.68. The number of carbonyl (C=O) groups is 2. The van der Waals surface area contributed by atoms with Crippen molar-refractivity contribution in [2.24, 2.45) is 5.41 Å². The summed E-state index contributed by atoms with van der Waals surface area (Å²) in [5.74, 6) is 0.215. The number of hydrogen-bond acceptors (Lipinski definition) is 3. The largest absolute Gasteiger partial charge is 0.316 e. The van der Waals surface area contributed by atoms with Crippen molar-refractivity contribution >= 4 is 11.8 Å². The van der Waals surface area contributed by atoms with Crippen LogP contribution in [-0.2, 0) is 9.59 Å². The molecule has 1 spiro atoms. The predicted octanol–water partition coefficient (Wildman–Crippen LogP) is 1.67. The fraction of sp³-hybridized carbons (Fsp3) is 0.529. The maximum absolute atomic E-state index is 11.9. The van der Waals surface area contributed by atoms with Crippen molar-refractivity contribution in [2.75, 3.05) is 13.1 Å². The lowest BCUT2D eigenvalue weighted by molar-refractivity contribution is -0.134. The quantitative estimate of drug-likeness (QED) is 0.812. The van der Waals surface area contributed by atoms with Crippen molar-refractivity contribution in [3.8, 4) is 0 Å². The van der Waals surface area contributed by atoms with E-state index in [1.165, 1.54) is 31.5 Å². The summed E-state index contributed by atoms with van der Waals surface area (Å²) in [4.78, 5) is 23.1. The van der Waals surface area contributed by atoms with Crippen molar-refractivity contribution in [1.82, 2.24) is 10.6 Å². The first-order valence-corrected chi connectivity index (χ1v) is 7.80. The van der Waals surface area contributed by atoms with Crippen LogP contribution in [0.2, 0.25) is 0 Å². The number of piperidine rings is 1. The molecule has 4 rings (SSSR count). The van der Waals surface area contributed by atoms with E-state index >= 15 is 0 Å². The van der Waals surface area contributed by atoms with Crippen LogP contribution in [0.1, 0.15) is 48.6 Å². The Morgan fingerprint density at radius 2 is 1.67 bits per heavy atom. The van der Waals surface area contributed by atoms with Gasteiger partial charge in [0.15, 0.2) is 0 Å². The first kappa shape index (κ1) is 13.0. The Bertz CT molecular complexity index is 581. The van der Waals surface area contributed by atoms with Gasteiger partial charge in [0.25, 0.3) is 0 Å². The summed E-state index contributed by atoms with van der Waals surface area (Å²) in [6.45, 7) is 2.36. The molecule has 3 fully saturated rings. The minimum absolute atomic E-state index is 0.151. The minimum atomic E-state index is -0.166. The molecule has 2 amide bonds. The maximum atomic E-state index is 11.9. The highest BCUT2D eigenvalue weighted by molar-refractivity contribution is 6.00. The van der Waals surface area contributed by atoms with Crippen LogP contribution in [-0.4, -0.2) is 24.9 Å². The summed E-state index contributed by atoms with van der Waals surface area (Å²) in [7, 11) is 0. The molecule has 2 heterocycles. The highest BCUT2D eigenvalue weighted by Crippen LogP contribution is 2.53. The van der Waals surface area contributed by atoms with E-state index in [2.05, 4.69) is 34.9 Å². The predicted molar refractivity (Wildman–Crippen MR) is 78.8 cm³/mol. The van der Waals surface area contributed by atoms with Crippen LogP contribution in [0.15, 0.2) is 24.3 Å². The van der Waals surface area contributed by atoms with Gasteiger partial charge in [-0.15, -0.1) is 0 Å². The van der Waals surface area contributed by atoms with E-state index in [-0.39, 0.29) is 17.7 Å². The van der Waals surface area contributed by atoms with Gasteiger partial charge >= 0.3 is 0 Å². The van der Waals surface area contributed by atoms with E-state index in [1.54, 1.807) is 0 Å². The summed E-state index contributed by atoms with van der Waals surface area (Å²) in [5.41, 5.74) is 3.01. The van der Waals surface area contributed by atoms with Crippen molar-refractivity contribution in [2.45, 2.75) is 37.5 Å². The summed E-state index contributed by atoms with van der Waals surface area (Å²) < 4.78 is 0. The molecule has 0 radical (unpaired) electrons. The van der Waals surface area contributed by atoms with Gasteiger partial charge in [0.05, 0.1) is 5.92 Å². The zero-order valence-electron chi connectivity index (χ0n) is 12.0. The summed E-state index contributed by atoms with van der Waals surface area (Å²) >= 11 is 0. The van der Waals surface area contributed by atoms with Gasteiger partial charge in [-0.25, -0.2) is 0 Å². The van der Waals surface area contributed by atoms with Crippen LogP contribution < -0.4 is 10.6 Å². The van der Waals surface area contributed by atoms with E-state index in [1.807, 2.05) is 0 Å². The van der Waals surface area contributed by atoms with E-state index in [0.717, 1.165) is 5.56 Å². The smallest absolute Gasteiger partial charge is 0.234 e. The lowest BCUT2D eigenvalue weighted by atomic mass is 9.57. The van der Waals surface area contributed by atoms with Crippen molar-refractivity contribution in [3.63, 3.8) is 0 Å². The molecule has 1 unspecified atom stereocenters. The standard InChI is InChI=1S/C17H20N2O2/c20-15-6-5-14(16(21)19-15)12-3-1-11(2-4-12)13-7-17(8-13)9-18-10-17/h1-4,13-14,18H,5-10H2,(H,19,20,21). The van der Waals surface area contributed by atoms with Crippen molar-refractivity contribution < 1.29 is 9.59 Å². The van der Waals surface area contributed by atoms with Gasteiger partial charge < -0.3 is 5.32 Å². The molecule has 2 saturated heterocycles. The fourth-order valence-electron chi connectivity index (χ4n) is 4.00. The molecule has 2 N–H and O–H groups in total. The fourth-order valence-corrected chi connectivity index (χ4v) is 4.00. The van der Waals surface area contributed by atoms with Crippen LogP contribution in [0.4, 0.5) is 0 Å². The zero-order valence-corrected chi connectivity index (χ0v) is 12.0. The number of carbonyl (C=O) groups excluding carboxylic acids is 2. The van der Waals surface area contributed by atoms with Gasteiger partial charge in [-0.3, -0.25) is 14.9 Å². The normalized spacial score (nSPS) is 27.9. The van der Waals surface area contributed by atoms with Crippen LogP contribution in [0, 0.1) is 5.41 Å². The SMILES string of the molecule is O=C1CCC(c2ccc(C3CC4(CNC4)C3)cc2)C(=O)N1. The lowest BCUT2D eigenvalue weighted by Crippen LogP contribution is -2.59. The molecule has 3 aliphatic rings. The Kier molecular flexibility index (Phi) is 2.89. The van der Waals surface area contributed by atoms with Crippen molar-refractivity contribution in [3.05, 3.63) is 35.4 Å². The molecule has 1 atom stereocenters. The topological polar surface area (TPSA) is 58.2 Å². The van der Waals surface area contributed by atoms with Gasteiger partial charge in [-0.2, -0.15) is 0 Å². The van der Waals surface area contributed by atoms with Crippen LogP contribution in [0.3, 0.4) is 0 Å².